The SMILES string of the molecule is CCC(CC)C(=O)N(c1ccccc1)C1C=CS(=O)(=O)C1. The molecule has 5 heteroatoms. The summed E-state index contributed by atoms with van der Waals surface area (Å²) in [6.07, 6.45) is 3.12. The summed E-state index contributed by atoms with van der Waals surface area (Å²) in [7, 11) is -3.20. The molecule has 1 aliphatic rings. The van der Waals surface area contributed by atoms with E-state index in [2.05, 4.69) is 0 Å². The van der Waals surface area contributed by atoms with E-state index in [1.54, 1.807) is 11.0 Å². The molecule has 1 aromatic rings. The molecule has 0 saturated heterocycles. The van der Waals surface area contributed by atoms with E-state index in [1.807, 2.05) is 44.2 Å². The van der Waals surface area contributed by atoms with Gasteiger partial charge in [0.1, 0.15) is 0 Å². The van der Waals surface area contributed by atoms with Crippen molar-refractivity contribution in [3.63, 3.8) is 0 Å². The highest BCUT2D eigenvalue weighted by Gasteiger charge is 2.33. The van der Waals surface area contributed by atoms with Gasteiger partial charge in [-0.25, -0.2) is 8.42 Å². The van der Waals surface area contributed by atoms with Gasteiger partial charge >= 0.3 is 0 Å². The van der Waals surface area contributed by atoms with Crippen molar-refractivity contribution in [1.29, 1.82) is 0 Å². The van der Waals surface area contributed by atoms with Gasteiger partial charge in [-0.3, -0.25) is 4.79 Å². The molecule has 1 atom stereocenters. The lowest BCUT2D eigenvalue weighted by molar-refractivity contribution is -0.122. The molecular formula is C16H21NO3S. The Kier molecular flexibility index (Phi) is 4.83. The van der Waals surface area contributed by atoms with Crippen molar-refractivity contribution in [2.24, 2.45) is 5.92 Å². The van der Waals surface area contributed by atoms with Gasteiger partial charge in [0.2, 0.25) is 5.91 Å². The van der Waals surface area contributed by atoms with Crippen LogP contribution in [0.1, 0.15) is 26.7 Å². The minimum absolute atomic E-state index is 0.00190. The van der Waals surface area contributed by atoms with Crippen LogP contribution in [0.15, 0.2) is 41.8 Å². The van der Waals surface area contributed by atoms with E-state index in [9.17, 15) is 13.2 Å². The number of hydrogen-bond acceptors (Lipinski definition) is 3. The van der Waals surface area contributed by atoms with Crippen molar-refractivity contribution in [3.05, 3.63) is 41.8 Å². The summed E-state index contributed by atoms with van der Waals surface area (Å²) in [5, 5.41) is 1.22. The van der Waals surface area contributed by atoms with Gasteiger partial charge in [0.05, 0.1) is 11.8 Å². The van der Waals surface area contributed by atoms with Crippen molar-refractivity contribution >= 4 is 21.4 Å². The van der Waals surface area contributed by atoms with Crippen LogP contribution < -0.4 is 4.90 Å². The number of hydrogen-bond donors (Lipinski definition) is 0. The minimum Gasteiger partial charge on any atom is -0.304 e. The number of rotatable bonds is 5. The minimum atomic E-state index is -3.20. The lowest BCUT2D eigenvalue weighted by Gasteiger charge is -2.30. The standard InChI is InChI=1S/C16H21NO3S/c1-3-13(4-2)16(18)17(14-8-6-5-7-9-14)15-10-11-21(19,20)12-15/h5-11,13,15H,3-4,12H2,1-2H3. The molecule has 1 amide bonds. The third-order valence-corrected chi connectivity index (χ3v) is 5.23. The first-order valence-corrected chi connectivity index (χ1v) is 8.99. The van der Waals surface area contributed by atoms with Crippen LogP contribution >= 0.6 is 0 Å². The van der Waals surface area contributed by atoms with Gasteiger partial charge in [0, 0.05) is 17.0 Å². The third-order valence-electron chi connectivity index (χ3n) is 3.85. The molecule has 2 rings (SSSR count). The number of anilines is 1. The highest BCUT2D eigenvalue weighted by molar-refractivity contribution is 7.94. The fourth-order valence-corrected chi connectivity index (χ4v) is 3.89. The largest absolute Gasteiger partial charge is 0.304 e. The van der Waals surface area contributed by atoms with Gasteiger partial charge in [0.15, 0.2) is 9.84 Å². The van der Waals surface area contributed by atoms with Crippen LogP contribution in [0, 0.1) is 5.92 Å². The fraction of sp³-hybridized carbons (Fsp3) is 0.438. The highest BCUT2D eigenvalue weighted by Crippen LogP contribution is 2.26. The zero-order chi connectivity index (χ0) is 15.5. The zero-order valence-electron chi connectivity index (χ0n) is 12.4. The summed E-state index contributed by atoms with van der Waals surface area (Å²) in [6, 6.07) is 8.87. The van der Waals surface area contributed by atoms with E-state index in [1.165, 1.54) is 5.41 Å². The number of sulfone groups is 1. The van der Waals surface area contributed by atoms with Crippen LogP contribution in [0.2, 0.25) is 0 Å². The molecular weight excluding hydrogens is 286 g/mol. The Labute approximate surface area is 126 Å². The van der Waals surface area contributed by atoms with E-state index in [0.717, 1.165) is 18.5 Å². The Morgan fingerprint density at radius 1 is 1.24 bits per heavy atom. The van der Waals surface area contributed by atoms with Gasteiger partial charge in [0.25, 0.3) is 0 Å². The normalized spacial score (nSPS) is 19.9. The molecule has 1 heterocycles. The second kappa shape index (κ2) is 6.43. The maximum Gasteiger partial charge on any atom is 0.230 e. The molecule has 0 saturated carbocycles. The predicted octanol–water partition coefficient (Wildman–Crippen LogP) is 2.77. The lowest BCUT2D eigenvalue weighted by Crippen LogP contribution is -2.44. The van der Waals surface area contributed by atoms with Crippen LogP contribution in [-0.4, -0.2) is 26.1 Å². The molecule has 0 radical (unpaired) electrons. The number of benzene rings is 1. The van der Waals surface area contributed by atoms with E-state index >= 15 is 0 Å². The average Bonchev–Trinajstić information content (AvgIpc) is 2.81. The van der Waals surface area contributed by atoms with E-state index in [0.29, 0.717) is 0 Å². The Hall–Kier alpha value is -1.62. The van der Waals surface area contributed by atoms with Gasteiger partial charge in [-0.15, -0.1) is 0 Å². The Bertz CT molecular complexity index is 618. The molecule has 0 spiro atoms. The summed E-state index contributed by atoms with van der Waals surface area (Å²) < 4.78 is 23.4. The average molecular weight is 307 g/mol. The van der Waals surface area contributed by atoms with Crippen LogP contribution in [0.25, 0.3) is 0 Å². The molecule has 21 heavy (non-hydrogen) atoms. The Morgan fingerprint density at radius 2 is 1.86 bits per heavy atom. The molecule has 0 bridgehead atoms. The summed E-state index contributed by atoms with van der Waals surface area (Å²) in [5.74, 6) is -0.117. The van der Waals surface area contributed by atoms with Crippen molar-refractivity contribution in [2.75, 3.05) is 10.7 Å². The summed E-state index contributed by atoms with van der Waals surface area (Å²) in [6.45, 7) is 3.97. The molecule has 0 aromatic heterocycles. The first kappa shape index (κ1) is 15.8. The van der Waals surface area contributed by atoms with Gasteiger partial charge in [-0.05, 0) is 31.1 Å². The zero-order valence-corrected chi connectivity index (χ0v) is 13.2. The lowest BCUT2D eigenvalue weighted by atomic mass is 10.0. The predicted molar refractivity (Wildman–Crippen MR) is 84.7 cm³/mol. The smallest absolute Gasteiger partial charge is 0.230 e. The van der Waals surface area contributed by atoms with Gasteiger partial charge < -0.3 is 4.90 Å². The van der Waals surface area contributed by atoms with Crippen LogP contribution in [0.3, 0.4) is 0 Å². The molecule has 0 N–H and O–H groups in total. The number of carbonyl (C=O) groups excluding carboxylic acids is 1. The monoisotopic (exact) mass is 307 g/mol. The van der Waals surface area contributed by atoms with E-state index < -0.39 is 15.9 Å². The summed E-state index contributed by atoms with van der Waals surface area (Å²) in [5.41, 5.74) is 0.751. The molecule has 0 aliphatic carbocycles. The molecule has 4 nitrogen and oxygen atoms in total. The quantitative estimate of drug-likeness (QED) is 0.840. The van der Waals surface area contributed by atoms with E-state index in [-0.39, 0.29) is 17.6 Å². The fourth-order valence-electron chi connectivity index (χ4n) is 2.63. The number of amides is 1. The molecule has 0 fully saturated rings. The first-order valence-electron chi connectivity index (χ1n) is 7.27. The molecule has 114 valence electrons. The maximum absolute atomic E-state index is 12.8. The molecule has 1 unspecified atom stereocenters. The second-order valence-corrected chi connectivity index (χ2v) is 7.21. The van der Waals surface area contributed by atoms with Crippen molar-refractivity contribution in [3.8, 4) is 0 Å². The summed E-state index contributed by atoms with van der Waals surface area (Å²) in [4.78, 5) is 14.4. The van der Waals surface area contributed by atoms with Crippen LogP contribution in [-0.2, 0) is 14.6 Å². The topological polar surface area (TPSA) is 54.5 Å². The number of nitrogens with zero attached hydrogens (tertiary/aromatic N) is 1. The van der Waals surface area contributed by atoms with Crippen molar-refractivity contribution in [1.82, 2.24) is 0 Å². The summed E-state index contributed by atoms with van der Waals surface area (Å²) >= 11 is 0. The van der Waals surface area contributed by atoms with Gasteiger partial charge in [-0.1, -0.05) is 32.0 Å². The maximum atomic E-state index is 12.8. The second-order valence-electron chi connectivity index (χ2n) is 5.28. The van der Waals surface area contributed by atoms with Gasteiger partial charge in [-0.2, -0.15) is 0 Å². The van der Waals surface area contributed by atoms with E-state index in [4.69, 9.17) is 0 Å². The Morgan fingerprint density at radius 3 is 2.33 bits per heavy atom. The number of para-hydroxylation sites is 1. The van der Waals surface area contributed by atoms with Crippen LogP contribution in [0.5, 0.6) is 0 Å². The van der Waals surface area contributed by atoms with Crippen molar-refractivity contribution < 1.29 is 13.2 Å². The van der Waals surface area contributed by atoms with Crippen LogP contribution in [0.4, 0.5) is 5.69 Å². The van der Waals surface area contributed by atoms with Crippen molar-refractivity contribution in [2.45, 2.75) is 32.7 Å². The first-order chi connectivity index (χ1) is 9.98. The Balaban J connectivity index is 2.37. The molecule has 1 aromatic carbocycles. The highest BCUT2D eigenvalue weighted by atomic mass is 32.2. The molecule has 1 aliphatic heterocycles. The third kappa shape index (κ3) is 3.53. The number of carbonyl (C=O) groups is 1.